The van der Waals surface area contributed by atoms with Crippen LogP contribution in [0.2, 0.25) is 0 Å². The molecule has 0 aliphatic heterocycles. The number of hydroxylamine groups is 1. The first-order valence-corrected chi connectivity index (χ1v) is 10.8. The summed E-state index contributed by atoms with van der Waals surface area (Å²) >= 11 is 0. The number of carbonyl (C=O) groups is 1. The lowest BCUT2D eigenvalue weighted by atomic mass is 9.89. The summed E-state index contributed by atoms with van der Waals surface area (Å²) in [6.07, 6.45) is 4.68. The SMILES string of the molecule is CON(C)S(=O)(=O)c1ccc(C(=O)N[C@H](C)c2ccc3c(c2)CCCC3)cc1. The molecular weight excluding hydrogens is 376 g/mol. The Labute approximate surface area is 166 Å². The minimum Gasteiger partial charge on any atom is -0.346 e. The first kappa shape index (κ1) is 20.5. The van der Waals surface area contributed by atoms with E-state index in [1.165, 1.54) is 62.4 Å². The maximum atomic E-state index is 12.6. The van der Waals surface area contributed by atoms with Gasteiger partial charge in [0, 0.05) is 12.6 Å². The van der Waals surface area contributed by atoms with Crippen LogP contribution in [0.4, 0.5) is 0 Å². The standard InChI is InChI=1S/C21H26N2O4S/c1-15(18-9-8-16-6-4-5-7-19(16)14-18)22-21(24)17-10-12-20(13-11-17)28(25,26)23(2)27-3/h8-15H,4-7H2,1-3H3,(H,22,24)/t15-/m1/s1. The molecule has 0 heterocycles. The fraction of sp³-hybridized carbons (Fsp3) is 0.381. The molecule has 0 aromatic heterocycles. The molecule has 2 aromatic rings. The molecule has 1 N–H and O–H groups in total. The van der Waals surface area contributed by atoms with E-state index in [-0.39, 0.29) is 16.8 Å². The van der Waals surface area contributed by atoms with Crippen molar-refractivity contribution in [2.45, 2.75) is 43.5 Å². The van der Waals surface area contributed by atoms with Crippen LogP contribution >= 0.6 is 0 Å². The van der Waals surface area contributed by atoms with Crippen LogP contribution in [-0.2, 0) is 27.7 Å². The van der Waals surface area contributed by atoms with Gasteiger partial charge in [0.1, 0.15) is 0 Å². The van der Waals surface area contributed by atoms with E-state index in [9.17, 15) is 13.2 Å². The Morgan fingerprint density at radius 1 is 1.07 bits per heavy atom. The molecule has 1 aliphatic rings. The van der Waals surface area contributed by atoms with Gasteiger partial charge >= 0.3 is 0 Å². The van der Waals surface area contributed by atoms with Gasteiger partial charge in [-0.05, 0) is 73.6 Å². The summed E-state index contributed by atoms with van der Waals surface area (Å²) < 4.78 is 25.2. The number of sulfonamides is 1. The Balaban J connectivity index is 1.71. The number of hydrogen-bond donors (Lipinski definition) is 1. The second-order valence-corrected chi connectivity index (χ2v) is 8.99. The Bertz CT molecular complexity index is 955. The maximum absolute atomic E-state index is 12.6. The van der Waals surface area contributed by atoms with E-state index in [1.54, 1.807) is 0 Å². The molecule has 0 unspecified atom stereocenters. The number of benzene rings is 2. The quantitative estimate of drug-likeness (QED) is 0.753. The normalized spacial score (nSPS) is 15.1. The van der Waals surface area contributed by atoms with Crippen LogP contribution in [-0.4, -0.2) is 33.0 Å². The van der Waals surface area contributed by atoms with Gasteiger partial charge < -0.3 is 5.32 Å². The van der Waals surface area contributed by atoms with Crippen LogP contribution in [0.3, 0.4) is 0 Å². The van der Waals surface area contributed by atoms with Crippen molar-refractivity contribution in [3.8, 4) is 0 Å². The van der Waals surface area contributed by atoms with Crippen molar-refractivity contribution in [2.75, 3.05) is 14.2 Å². The molecule has 0 spiro atoms. The fourth-order valence-corrected chi connectivity index (χ4v) is 4.38. The summed E-state index contributed by atoms with van der Waals surface area (Å²) in [5.41, 5.74) is 4.27. The summed E-state index contributed by atoms with van der Waals surface area (Å²) in [5.74, 6) is -0.241. The molecule has 150 valence electrons. The Morgan fingerprint density at radius 3 is 2.36 bits per heavy atom. The number of hydrogen-bond acceptors (Lipinski definition) is 4. The van der Waals surface area contributed by atoms with Gasteiger partial charge in [0.05, 0.1) is 18.0 Å². The number of nitrogens with one attached hydrogen (secondary N) is 1. The third-order valence-electron chi connectivity index (χ3n) is 5.23. The van der Waals surface area contributed by atoms with E-state index in [0.29, 0.717) is 5.56 Å². The van der Waals surface area contributed by atoms with E-state index in [2.05, 4.69) is 23.5 Å². The Hall–Kier alpha value is -2.22. The lowest BCUT2D eigenvalue weighted by molar-refractivity contribution is -0.0258. The van der Waals surface area contributed by atoms with Crippen molar-refractivity contribution in [1.82, 2.24) is 9.79 Å². The molecule has 7 heteroatoms. The molecule has 0 saturated carbocycles. The van der Waals surface area contributed by atoms with E-state index >= 15 is 0 Å². The summed E-state index contributed by atoms with van der Waals surface area (Å²) in [7, 11) is -1.13. The molecular formula is C21H26N2O4S. The van der Waals surface area contributed by atoms with Gasteiger partial charge in [0.25, 0.3) is 15.9 Å². The number of rotatable bonds is 6. The van der Waals surface area contributed by atoms with Gasteiger partial charge in [-0.3, -0.25) is 9.63 Å². The summed E-state index contributed by atoms with van der Waals surface area (Å²) in [6.45, 7) is 1.95. The van der Waals surface area contributed by atoms with Gasteiger partial charge in [-0.1, -0.05) is 22.7 Å². The minimum atomic E-state index is -3.73. The molecule has 0 bridgehead atoms. The highest BCUT2D eigenvalue weighted by Gasteiger charge is 2.21. The average molecular weight is 403 g/mol. The van der Waals surface area contributed by atoms with Gasteiger partial charge in [-0.25, -0.2) is 8.42 Å². The van der Waals surface area contributed by atoms with Crippen molar-refractivity contribution in [1.29, 1.82) is 0 Å². The smallest absolute Gasteiger partial charge is 0.264 e. The zero-order chi connectivity index (χ0) is 20.3. The zero-order valence-corrected chi connectivity index (χ0v) is 17.3. The van der Waals surface area contributed by atoms with Crippen molar-refractivity contribution in [2.24, 2.45) is 0 Å². The van der Waals surface area contributed by atoms with Gasteiger partial charge in [0.2, 0.25) is 0 Å². The molecule has 3 rings (SSSR count). The molecule has 1 aliphatic carbocycles. The van der Waals surface area contributed by atoms with Gasteiger partial charge in [0.15, 0.2) is 0 Å². The Morgan fingerprint density at radius 2 is 1.71 bits per heavy atom. The molecule has 1 atom stereocenters. The average Bonchev–Trinajstić information content (AvgIpc) is 2.72. The van der Waals surface area contributed by atoms with E-state index in [1.807, 2.05) is 6.92 Å². The van der Waals surface area contributed by atoms with E-state index in [0.717, 1.165) is 22.9 Å². The monoisotopic (exact) mass is 402 g/mol. The van der Waals surface area contributed by atoms with Crippen LogP contribution in [0.15, 0.2) is 47.4 Å². The van der Waals surface area contributed by atoms with Crippen molar-refractivity contribution >= 4 is 15.9 Å². The third kappa shape index (κ3) is 4.27. The molecule has 6 nitrogen and oxygen atoms in total. The van der Waals surface area contributed by atoms with Crippen LogP contribution in [0.1, 0.15) is 52.9 Å². The second-order valence-electron chi connectivity index (χ2n) is 7.05. The molecule has 2 aromatic carbocycles. The molecule has 0 radical (unpaired) electrons. The Kier molecular flexibility index (Phi) is 6.17. The molecule has 0 fully saturated rings. The van der Waals surface area contributed by atoms with Crippen molar-refractivity contribution < 1.29 is 18.0 Å². The molecule has 28 heavy (non-hydrogen) atoms. The van der Waals surface area contributed by atoms with Crippen LogP contribution in [0.25, 0.3) is 0 Å². The molecule has 1 amide bonds. The topological polar surface area (TPSA) is 75.7 Å². The number of amides is 1. The number of nitrogens with zero attached hydrogens (tertiary/aromatic N) is 1. The maximum Gasteiger partial charge on any atom is 0.264 e. The number of aryl methyl sites for hydroxylation is 2. The van der Waals surface area contributed by atoms with Crippen LogP contribution in [0, 0.1) is 0 Å². The van der Waals surface area contributed by atoms with Crippen LogP contribution in [0.5, 0.6) is 0 Å². The van der Waals surface area contributed by atoms with Crippen LogP contribution < -0.4 is 5.32 Å². The highest BCUT2D eigenvalue weighted by molar-refractivity contribution is 7.89. The summed E-state index contributed by atoms with van der Waals surface area (Å²) in [5, 5.41) is 2.99. The minimum absolute atomic E-state index is 0.0659. The lowest BCUT2D eigenvalue weighted by Gasteiger charge is -2.20. The first-order valence-electron chi connectivity index (χ1n) is 9.38. The fourth-order valence-electron chi connectivity index (χ4n) is 3.41. The van der Waals surface area contributed by atoms with E-state index in [4.69, 9.17) is 4.84 Å². The second kappa shape index (κ2) is 8.43. The van der Waals surface area contributed by atoms with E-state index < -0.39 is 10.0 Å². The highest BCUT2D eigenvalue weighted by Crippen LogP contribution is 2.25. The van der Waals surface area contributed by atoms with Gasteiger partial charge in [-0.15, -0.1) is 0 Å². The predicted octanol–water partition coefficient (Wildman–Crippen LogP) is 3.24. The number of carbonyl (C=O) groups excluding carboxylic acids is 1. The third-order valence-corrected chi connectivity index (χ3v) is 6.92. The summed E-state index contributed by atoms with van der Waals surface area (Å²) in [4.78, 5) is 17.4. The number of fused-ring (bicyclic) bond motifs is 1. The zero-order valence-electron chi connectivity index (χ0n) is 16.4. The highest BCUT2D eigenvalue weighted by atomic mass is 32.2. The summed E-state index contributed by atoms with van der Waals surface area (Å²) in [6, 6.07) is 12.1. The largest absolute Gasteiger partial charge is 0.346 e. The lowest BCUT2D eigenvalue weighted by Crippen LogP contribution is -2.27. The van der Waals surface area contributed by atoms with Crippen molar-refractivity contribution in [3.05, 3.63) is 64.7 Å². The van der Waals surface area contributed by atoms with Crippen molar-refractivity contribution in [3.63, 3.8) is 0 Å². The first-order chi connectivity index (χ1) is 13.3. The van der Waals surface area contributed by atoms with Gasteiger partial charge in [-0.2, -0.15) is 0 Å². The molecule has 0 saturated heterocycles. The predicted molar refractivity (Wildman–Crippen MR) is 107 cm³/mol.